The minimum Gasteiger partial charge on any atom is -0.272 e. The van der Waals surface area contributed by atoms with Crippen LogP contribution >= 0.6 is 35.3 Å². The first-order valence-electron chi connectivity index (χ1n) is 8.92. The van der Waals surface area contributed by atoms with Crippen LogP contribution in [0.25, 0.3) is 21.7 Å². The Hall–Kier alpha value is -2.80. The molecule has 2 aromatic carbocycles. The first-order valence-corrected chi connectivity index (χ1v) is 11.1. The molecule has 0 aliphatic heterocycles. The summed E-state index contributed by atoms with van der Waals surface area (Å²) in [4.78, 5) is 18.1. The molecular weight excluding hydrogens is 439 g/mol. The predicted molar refractivity (Wildman–Crippen MR) is 121 cm³/mol. The second-order valence-electron chi connectivity index (χ2n) is 6.63. The van der Waals surface area contributed by atoms with Gasteiger partial charge in [-0.15, -0.1) is 0 Å². The summed E-state index contributed by atoms with van der Waals surface area (Å²) in [6.45, 7) is 3.81. The van der Waals surface area contributed by atoms with E-state index >= 15 is 0 Å². The first-order chi connectivity index (χ1) is 14.4. The monoisotopic (exact) mass is 454 g/mol. The molecule has 0 fully saturated rings. The van der Waals surface area contributed by atoms with Crippen molar-refractivity contribution in [1.29, 1.82) is 5.26 Å². The number of aromatic nitrogens is 3. The Labute approximate surface area is 185 Å². The Morgan fingerprint density at radius 1 is 1.17 bits per heavy atom. The van der Waals surface area contributed by atoms with Crippen LogP contribution in [0.4, 0.5) is 4.39 Å². The summed E-state index contributed by atoms with van der Waals surface area (Å²) in [5.41, 5.74) is 2.81. The van der Waals surface area contributed by atoms with Crippen LogP contribution in [0, 0.1) is 35.0 Å². The lowest BCUT2D eigenvalue weighted by molar-refractivity contribution is 0.618. The SMILES string of the molecule is Cc1ccc(-n2c(SCC#N)nc3c(sc(=S)n3-c3cc(C)ccc3F)c2=O)cc1. The minimum absolute atomic E-state index is 0.119. The van der Waals surface area contributed by atoms with E-state index < -0.39 is 5.82 Å². The summed E-state index contributed by atoms with van der Waals surface area (Å²) in [7, 11) is 0. The smallest absolute Gasteiger partial charge is 0.272 e. The van der Waals surface area contributed by atoms with Crippen LogP contribution in [0.5, 0.6) is 0 Å². The third-order valence-corrected chi connectivity index (χ3v) is 6.63. The maximum atomic E-state index is 14.6. The van der Waals surface area contributed by atoms with Gasteiger partial charge in [-0.1, -0.05) is 46.9 Å². The van der Waals surface area contributed by atoms with Crippen molar-refractivity contribution in [3.05, 3.63) is 73.7 Å². The lowest BCUT2D eigenvalue weighted by atomic mass is 10.2. The van der Waals surface area contributed by atoms with Crippen LogP contribution in [-0.2, 0) is 0 Å². The molecule has 0 saturated carbocycles. The second kappa shape index (κ2) is 8.14. The topological polar surface area (TPSA) is 63.6 Å². The van der Waals surface area contributed by atoms with Gasteiger partial charge in [-0.05, 0) is 55.9 Å². The number of rotatable bonds is 4. The van der Waals surface area contributed by atoms with Gasteiger partial charge in [-0.3, -0.25) is 13.9 Å². The Morgan fingerprint density at radius 3 is 2.57 bits per heavy atom. The van der Waals surface area contributed by atoms with E-state index in [0.29, 0.717) is 25.1 Å². The van der Waals surface area contributed by atoms with E-state index in [0.717, 1.165) is 34.2 Å². The third-order valence-electron chi connectivity index (χ3n) is 4.48. The maximum Gasteiger partial charge on any atom is 0.278 e. The molecule has 0 amide bonds. The molecule has 0 aliphatic rings. The van der Waals surface area contributed by atoms with Gasteiger partial charge in [0.2, 0.25) is 0 Å². The van der Waals surface area contributed by atoms with Gasteiger partial charge in [-0.2, -0.15) is 5.26 Å². The van der Waals surface area contributed by atoms with Crippen LogP contribution in [0.2, 0.25) is 0 Å². The number of fused-ring (bicyclic) bond motifs is 1. The quantitative estimate of drug-likeness (QED) is 0.237. The number of thioether (sulfide) groups is 1. The van der Waals surface area contributed by atoms with Crippen molar-refractivity contribution in [2.75, 3.05) is 5.75 Å². The van der Waals surface area contributed by atoms with E-state index in [9.17, 15) is 9.18 Å². The molecule has 9 heteroatoms. The fourth-order valence-corrected chi connectivity index (χ4v) is 5.01. The Balaban J connectivity index is 2.07. The van der Waals surface area contributed by atoms with Gasteiger partial charge in [0, 0.05) is 0 Å². The zero-order valence-corrected chi connectivity index (χ0v) is 18.5. The van der Waals surface area contributed by atoms with E-state index in [2.05, 4.69) is 11.1 Å². The summed E-state index contributed by atoms with van der Waals surface area (Å²) < 4.78 is 18.2. The van der Waals surface area contributed by atoms with Gasteiger partial charge in [0.25, 0.3) is 5.56 Å². The highest BCUT2D eigenvalue weighted by atomic mass is 32.2. The fourth-order valence-electron chi connectivity index (χ4n) is 3.06. The molecule has 2 heterocycles. The highest BCUT2D eigenvalue weighted by molar-refractivity contribution is 7.99. The van der Waals surface area contributed by atoms with Crippen molar-refractivity contribution in [2.45, 2.75) is 19.0 Å². The van der Waals surface area contributed by atoms with E-state index in [4.69, 9.17) is 17.5 Å². The predicted octanol–water partition coefficient (Wildman–Crippen LogP) is 5.34. The fraction of sp³-hybridized carbons (Fsp3) is 0.143. The largest absolute Gasteiger partial charge is 0.278 e. The normalized spacial score (nSPS) is 11.0. The average Bonchev–Trinajstić information content (AvgIpc) is 3.05. The molecule has 0 N–H and O–H groups in total. The van der Waals surface area contributed by atoms with Gasteiger partial charge < -0.3 is 0 Å². The molecular formula is C21H15FN4OS3. The van der Waals surface area contributed by atoms with Crippen molar-refractivity contribution in [3.8, 4) is 17.4 Å². The summed E-state index contributed by atoms with van der Waals surface area (Å²) >= 11 is 7.72. The van der Waals surface area contributed by atoms with Crippen molar-refractivity contribution in [2.24, 2.45) is 0 Å². The summed E-state index contributed by atoms with van der Waals surface area (Å²) in [5, 5.41) is 9.41. The summed E-state index contributed by atoms with van der Waals surface area (Å²) in [6, 6.07) is 14.2. The number of thiazole rings is 1. The standard InChI is InChI=1S/C21H15FN4OS3/c1-12-3-6-14(7-4-12)25-19(27)17-18(24-20(25)29-10-9-23)26(21(28)30-17)16-11-13(2)5-8-15(16)22/h3-8,11H,10H2,1-2H3. The number of halogens is 1. The van der Waals surface area contributed by atoms with Crippen LogP contribution in [-0.4, -0.2) is 19.9 Å². The van der Waals surface area contributed by atoms with Gasteiger partial charge in [0.05, 0.1) is 23.2 Å². The molecule has 0 radical (unpaired) electrons. The molecule has 5 nitrogen and oxygen atoms in total. The molecule has 4 aromatic rings. The number of aryl methyl sites for hydroxylation is 2. The second-order valence-corrected chi connectivity index (χ2v) is 9.21. The zero-order chi connectivity index (χ0) is 21.4. The molecule has 150 valence electrons. The molecule has 0 spiro atoms. The molecule has 30 heavy (non-hydrogen) atoms. The third kappa shape index (κ3) is 3.58. The van der Waals surface area contributed by atoms with E-state index in [-0.39, 0.29) is 17.0 Å². The molecule has 0 atom stereocenters. The first kappa shape index (κ1) is 20.5. The summed E-state index contributed by atoms with van der Waals surface area (Å²) in [6.07, 6.45) is 0. The highest BCUT2D eigenvalue weighted by Crippen LogP contribution is 2.28. The maximum absolute atomic E-state index is 14.6. The number of hydrogen-bond donors (Lipinski definition) is 0. The van der Waals surface area contributed by atoms with Gasteiger partial charge in [0.1, 0.15) is 10.5 Å². The van der Waals surface area contributed by atoms with Crippen LogP contribution in [0.1, 0.15) is 11.1 Å². The Bertz CT molecular complexity index is 1430. The van der Waals surface area contributed by atoms with E-state index in [1.807, 2.05) is 38.1 Å². The van der Waals surface area contributed by atoms with Crippen molar-refractivity contribution in [1.82, 2.24) is 14.1 Å². The van der Waals surface area contributed by atoms with Crippen molar-refractivity contribution < 1.29 is 4.39 Å². The average molecular weight is 455 g/mol. The van der Waals surface area contributed by atoms with Gasteiger partial charge >= 0.3 is 0 Å². The van der Waals surface area contributed by atoms with Crippen LogP contribution in [0.15, 0.2) is 52.4 Å². The van der Waals surface area contributed by atoms with Crippen LogP contribution in [0.3, 0.4) is 0 Å². The lowest BCUT2D eigenvalue weighted by Gasteiger charge is -2.12. The zero-order valence-electron chi connectivity index (χ0n) is 16.0. The number of benzene rings is 2. The Kier molecular flexibility index (Phi) is 5.56. The summed E-state index contributed by atoms with van der Waals surface area (Å²) in [5.74, 6) is -0.333. The Morgan fingerprint density at radius 2 is 1.87 bits per heavy atom. The van der Waals surface area contributed by atoms with Crippen LogP contribution < -0.4 is 5.56 Å². The lowest BCUT2D eigenvalue weighted by Crippen LogP contribution is -2.21. The molecule has 4 rings (SSSR count). The molecule has 0 unspecified atom stereocenters. The van der Waals surface area contributed by atoms with Gasteiger partial charge in [0.15, 0.2) is 14.8 Å². The highest BCUT2D eigenvalue weighted by Gasteiger charge is 2.20. The number of nitriles is 1. The molecule has 0 aliphatic carbocycles. The number of nitrogens with zero attached hydrogens (tertiary/aromatic N) is 4. The van der Waals surface area contributed by atoms with Crippen molar-refractivity contribution >= 4 is 45.7 Å². The van der Waals surface area contributed by atoms with Gasteiger partial charge in [-0.25, -0.2) is 9.37 Å². The van der Waals surface area contributed by atoms with E-state index in [1.54, 1.807) is 12.1 Å². The molecule has 0 saturated heterocycles. The molecule has 2 aromatic heterocycles. The minimum atomic E-state index is -0.452. The van der Waals surface area contributed by atoms with Crippen molar-refractivity contribution in [3.63, 3.8) is 0 Å². The van der Waals surface area contributed by atoms with E-state index in [1.165, 1.54) is 15.2 Å². The number of hydrogen-bond acceptors (Lipinski definition) is 6. The molecule has 0 bridgehead atoms.